The van der Waals surface area contributed by atoms with Crippen LogP contribution in [0.4, 0.5) is 0 Å². The minimum atomic E-state index is -1.08. The highest BCUT2D eigenvalue weighted by Crippen LogP contribution is 2.19. The van der Waals surface area contributed by atoms with Crippen LogP contribution < -0.4 is 5.32 Å². The van der Waals surface area contributed by atoms with Gasteiger partial charge < -0.3 is 15.3 Å². The third kappa shape index (κ3) is 3.21. The van der Waals surface area contributed by atoms with Crippen molar-refractivity contribution in [3.05, 3.63) is 0 Å². The SMILES string of the molecule is CC(C)C(C(=O)N[C@H](C)C(=O)O)N1CCCC1=O. The van der Waals surface area contributed by atoms with Gasteiger partial charge in [0, 0.05) is 13.0 Å². The van der Waals surface area contributed by atoms with Crippen molar-refractivity contribution in [2.75, 3.05) is 6.54 Å². The van der Waals surface area contributed by atoms with E-state index in [1.54, 1.807) is 4.90 Å². The molecular weight excluding hydrogens is 236 g/mol. The monoisotopic (exact) mass is 256 g/mol. The zero-order chi connectivity index (χ0) is 13.9. The van der Waals surface area contributed by atoms with Crippen molar-refractivity contribution in [3.8, 4) is 0 Å². The van der Waals surface area contributed by atoms with Gasteiger partial charge in [0.15, 0.2) is 0 Å². The van der Waals surface area contributed by atoms with Gasteiger partial charge in [0.2, 0.25) is 11.8 Å². The maximum absolute atomic E-state index is 12.1. The topological polar surface area (TPSA) is 86.7 Å². The highest BCUT2D eigenvalue weighted by Gasteiger charge is 2.35. The number of hydrogen-bond donors (Lipinski definition) is 2. The van der Waals surface area contributed by atoms with E-state index in [4.69, 9.17) is 5.11 Å². The second-order valence-corrected chi connectivity index (χ2v) is 4.95. The van der Waals surface area contributed by atoms with E-state index in [1.165, 1.54) is 6.92 Å². The molecule has 1 fully saturated rings. The zero-order valence-corrected chi connectivity index (χ0v) is 11.0. The summed E-state index contributed by atoms with van der Waals surface area (Å²) in [5, 5.41) is 11.2. The summed E-state index contributed by atoms with van der Waals surface area (Å²) in [5.74, 6) is -1.56. The Labute approximate surface area is 106 Å². The van der Waals surface area contributed by atoms with Crippen molar-refractivity contribution in [3.63, 3.8) is 0 Å². The van der Waals surface area contributed by atoms with E-state index in [1.807, 2.05) is 13.8 Å². The van der Waals surface area contributed by atoms with E-state index in [0.29, 0.717) is 13.0 Å². The molecule has 18 heavy (non-hydrogen) atoms. The lowest BCUT2D eigenvalue weighted by atomic mass is 10.0. The number of likely N-dealkylation sites (tertiary alicyclic amines) is 1. The minimum Gasteiger partial charge on any atom is -0.480 e. The van der Waals surface area contributed by atoms with Crippen LogP contribution in [0.3, 0.4) is 0 Å². The Bertz CT molecular complexity index is 354. The molecule has 6 nitrogen and oxygen atoms in total. The Morgan fingerprint density at radius 3 is 2.33 bits per heavy atom. The molecule has 1 saturated heterocycles. The molecule has 0 bridgehead atoms. The molecule has 1 heterocycles. The van der Waals surface area contributed by atoms with Gasteiger partial charge >= 0.3 is 5.97 Å². The third-order valence-corrected chi connectivity index (χ3v) is 3.08. The molecule has 2 amide bonds. The van der Waals surface area contributed by atoms with Crippen molar-refractivity contribution in [1.29, 1.82) is 0 Å². The van der Waals surface area contributed by atoms with Crippen molar-refractivity contribution in [2.24, 2.45) is 5.92 Å². The van der Waals surface area contributed by atoms with E-state index >= 15 is 0 Å². The second-order valence-electron chi connectivity index (χ2n) is 4.95. The van der Waals surface area contributed by atoms with Gasteiger partial charge in [0.25, 0.3) is 0 Å². The maximum Gasteiger partial charge on any atom is 0.325 e. The van der Waals surface area contributed by atoms with Crippen molar-refractivity contribution >= 4 is 17.8 Å². The van der Waals surface area contributed by atoms with Crippen LogP contribution >= 0.6 is 0 Å². The number of carbonyl (C=O) groups is 3. The van der Waals surface area contributed by atoms with Crippen LogP contribution in [-0.2, 0) is 14.4 Å². The molecule has 6 heteroatoms. The van der Waals surface area contributed by atoms with Crippen LogP contribution in [0.5, 0.6) is 0 Å². The summed E-state index contributed by atoms with van der Waals surface area (Å²) in [4.78, 5) is 36.0. The van der Waals surface area contributed by atoms with E-state index in [9.17, 15) is 14.4 Å². The van der Waals surface area contributed by atoms with Gasteiger partial charge in [-0.2, -0.15) is 0 Å². The molecule has 1 rings (SSSR count). The predicted octanol–water partition coefficient (Wildman–Crippen LogP) is 0.223. The quantitative estimate of drug-likeness (QED) is 0.737. The summed E-state index contributed by atoms with van der Waals surface area (Å²) in [7, 11) is 0. The highest BCUT2D eigenvalue weighted by atomic mass is 16.4. The number of aliphatic carboxylic acids is 1. The molecule has 0 radical (unpaired) electrons. The summed E-state index contributed by atoms with van der Waals surface area (Å²) in [6.45, 7) is 5.67. The van der Waals surface area contributed by atoms with Crippen LogP contribution in [-0.4, -0.2) is 46.4 Å². The molecule has 2 N–H and O–H groups in total. The molecule has 0 saturated carbocycles. The molecule has 2 atom stereocenters. The van der Waals surface area contributed by atoms with Gasteiger partial charge in [-0.3, -0.25) is 14.4 Å². The predicted molar refractivity (Wildman–Crippen MR) is 64.8 cm³/mol. The fraction of sp³-hybridized carbons (Fsp3) is 0.750. The number of nitrogens with one attached hydrogen (secondary N) is 1. The van der Waals surface area contributed by atoms with Crippen LogP contribution in [0.25, 0.3) is 0 Å². The average molecular weight is 256 g/mol. The smallest absolute Gasteiger partial charge is 0.325 e. The lowest BCUT2D eigenvalue weighted by Gasteiger charge is -2.30. The van der Waals surface area contributed by atoms with Gasteiger partial charge in [-0.25, -0.2) is 0 Å². The zero-order valence-electron chi connectivity index (χ0n) is 11.0. The summed E-state index contributed by atoms with van der Waals surface area (Å²) in [5.41, 5.74) is 0. The Kier molecular flexibility index (Phi) is 4.69. The van der Waals surface area contributed by atoms with E-state index in [-0.39, 0.29) is 11.8 Å². The van der Waals surface area contributed by atoms with Gasteiger partial charge in [-0.15, -0.1) is 0 Å². The number of carboxylic acid groups (broad SMARTS) is 1. The molecule has 1 aliphatic rings. The Hall–Kier alpha value is -1.59. The second kappa shape index (κ2) is 5.84. The van der Waals surface area contributed by atoms with E-state index in [2.05, 4.69) is 5.32 Å². The maximum atomic E-state index is 12.1. The first-order valence-corrected chi connectivity index (χ1v) is 6.17. The summed E-state index contributed by atoms with van der Waals surface area (Å²) < 4.78 is 0. The van der Waals surface area contributed by atoms with Crippen LogP contribution in [0.2, 0.25) is 0 Å². The van der Waals surface area contributed by atoms with E-state index in [0.717, 1.165) is 6.42 Å². The molecule has 1 aliphatic heterocycles. The summed E-state index contributed by atoms with van der Waals surface area (Å²) in [6.07, 6.45) is 1.22. The van der Waals surface area contributed by atoms with Gasteiger partial charge in [0.1, 0.15) is 12.1 Å². The van der Waals surface area contributed by atoms with Crippen LogP contribution in [0.1, 0.15) is 33.6 Å². The number of nitrogens with zero attached hydrogens (tertiary/aromatic N) is 1. The summed E-state index contributed by atoms with van der Waals surface area (Å²) >= 11 is 0. The van der Waals surface area contributed by atoms with Gasteiger partial charge in [-0.05, 0) is 19.3 Å². The molecule has 0 aromatic rings. The Morgan fingerprint density at radius 2 is 1.94 bits per heavy atom. The molecule has 0 aliphatic carbocycles. The molecular formula is C12H20N2O4. The van der Waals surface area contributed by atoms with Crippen LogP contribution in [0, 0.1) is 5.92 Å². The lowest BCUT2D eigenvalue weighted by Crippen LogP contribution is -2.53. The first kappa shape index (κ1) is 14.5. The van der Waals surface area contributed by atoms with Gasteiger partial charge in [0.05, 0.1) is 0 Å². The fourth-order valence-corrected chi connectivity index (χ4v) is 2.13. The molecule has 1 unspecified atom stereocenters. The number of carbonyl (C=O) groups excluding carboxylic acids is 2. The number of carboxylic acids is 1. The Balaban J connectivity index is 2.76. The molecule has 0 spiro atoms. The van der Waals surface area contributed by atoms with Crippen LogP contribution in [0.15, 0.2) is 0 Å². The Morgan fingerprint density at radius 1 is 1.33 bits per heavy atom. The first-order valence-electron chi connectivity index (χ1n) is 6.17. The first-order chi connectivity index (χ1) is 8.34. The minimum absolute atomic E-state index is 0.0353. The number of amides is 2. The normalized spacial score (nSPS) is 18.9. The highest BCUT2D eigenvalue weighted by molar-refractivity contribution is 5.91. The largest absolute Gasteiger partial charge is 0.480 e. The third-order valence-electron chi connectivity index (χ3n) is 3.08. The van der Waals surface area contributed by atoms with Crippen molar-refractivity contribution in [2.45, 2.75) is 45.7 Å². The lowest BCUT2D eigenvalue weighted by molar-refractivity contribution is -0.144. The van der Waals surface area contributed by atoms with Crippen molar-refractivity contribution in [1.82, 2.24) is 10.2 Å². The molecule has 0 aromatic carbocycles. The summed E-state index contributed by atoms with van der Waals surface area (Å²) in [6, 6.07) is -1.53. The average Bonchev–Trinajstić information content (AvgIpc) is 2.64. The van der Waals surface area contributed by atoms with Gasteiger partial charge in [-0.1, -0.05) is 13.8 Å². The van der Waals surface area contributed by atoms with Crippen molar-refractivity contribution < 1.29 is 19.5 Å². The van der Waals surface area contributed by atoms with E-state index < -0.39 is 24.0 Å². The standard InChI is InChI=1S/C12H20N2O4/c1-7(2)10(14-6-4-5-9(14)15)11(16)13-8(3)12(17)18/h7-8,10H,4-6H2,1-3H3,(H,13,16)(H,17,18)/t8-,10?/m1/s1. The fourth-order valence-electron chi connectivity index (χ4n) is 2.13. The number of hydrogen-bond acceptors (Lipinski definition) is 3. The molecule has 0 aromatic heterocycles. The molecule has 102 valence electrons. The number of rotatable bonds is 5.